The molecule has 0 aliphatic heterocycles. The Kier molecular flexibility index (Phi) is 3.98. The molecule has 7 heteroatoms. The highest BCUT2D eigenvalue weighted by Crippen LogP contribution is 2.25. The van der Waals surface area contributed by atoms with E-state index in [2.05, 4.69) is 15.1 Å². The van der Waals surface area contributed by atoms with Gasteiger partial charge in [-0.05, 0) is 26.0 Å². The highest BCUT2D eigenvalue weighted by atomic mass is 35.5. The molecule has 0 aliphatic rings. The Morgan fingerprint density at radius 3 is 2.81 bits per heavy atom. The van der Waals surface area contributed by atoms with Crippen LogP contribution in [0.3, 0.4) is 0 Å². The monoisotopic (exact) mass is 321 g/mol. The zero-order chi connectivity index (χ0) is 14.8. The van der Waals surface area contributed by atoms with Crippen LogP contribution in [-0.2, 0) is 5.75 Å². The van der Waals surface area contributed by atoms with Gasteiger partial charge in [0.15, 0.2) is 0 Å². The third-order valence-electron chi connectivity index (χ3n) is 2.88. The average molecular weight is 322 g/mol. The molecule has 0 amide bonds. The molecule has 0 radical (unpaired) electrons. The van der Waals surface area contributed by atoms with E-state index in [-0.39, 0.29) is 0 Å². The van der Waals surface area contributed by atoms with Gasteiger partial charge in [-0.15, -0.1) is 0 Å². The van der Waals surface area contributed by atoms with E-state index in [9.17, 15) is 0 Å². The molecule has 21 heavy (non-hydrogen) atoms. The number of hydrogen-bond acceptors (Lipinski definition) is 6. The topological polar surface area (TPSA) is 65.0 Å². The smallest absolute Gasteiger partial charge is 0.256 e. The van der Waals surface area contributed by atoms with E-state index in [1.165, 1.54) is 11.8 Å². The Balaban J connectivity index is 1.70. The average Bonchev–Trinajstić information content (AvgIpc) is 3.04. The summed E-state index contributed by atoms with van der Waals surface area (Å²) in [6, 6.07) is 7.33. The first-order chi connectivity index (χ1) is 10.1. The molecule has 3 rings (SSSR count). The van der Waals surface area contributed by atoms with Gasteiger partial charge in [-0.2, -0.15) is 4.98 Å². The Morgan fingerprint density at radius 1 is 1.24 bits per heavy atom. The van der Waals surface area contributed by atoms with Crippen molar-refractivity contribution in [1.29, 1.82) is 0 Å². The van der Waals surface area contributed by atoms with Crippen molar-refractivity contribution in [2.45, 2.75) is 24.8 Å². The van der Waals surface area contributed by atoms with Gasteiger partial charge in [0.05, 0.1) is 11.4 Å². The molecule has 0 fully saturated rings. The molecule has 0 saturated carbocycles. The first-order valence-corrected chi connectivity index (χ1v) is 7.63. The summed E-state index contributed by atoms with van der Waals surface area (Å²) in [4.78, 5) is 8.63. The van der Waals surface area contributed by atoms with Gasteiger partial charge in [0.1, 0.15) is 5.76 Å². The fourth-order valence-corrected chi connectivity index (χ4v) is 2.63. The highest BCUT2D eigenvalue weighted by Gasteiger charge is 2.12. The van der Waals surface area contributed by atoms with Gasteiger partial charge in [-0.25, -0.2) is 4.98 Å². The number of aryl methyl sites for hydroxylation is 2. The number of halogens is 1. The van der Waals surface area contributed by atoms with Gasteiger partial charge >= 0.3 is 0 Å². The zero-order valence-corrected chi connectivity index (χ0v) is 13.0. The summed E-state index contributed by atoms with van der Waals surface area (Å²) >= 11 is 7.37. The van der Waals surface area contributed by atoms with Crippen molar-refractivity contribution >= 4 is 23.4 Å². The maximum atomic E-state index is 5.95. The summed E-state index contributed by atoms with van der Waals surface area (Å²) < 4.78 is 10.7. The van der Waals surface area contributed by atoms with E-state index in [4.69, 9.17) is 20.5 Å². The SMILES string of the molecule is Cc1nc(SCc2nc(-c3cccc(Cl)c3)no2)oc1C. The van der Waals surface area contributed by atoms with E-state index in [0.29, 0.717) is 27.7 Å². The molecule has 5 nitrogen and oxygen atoms in total. The van der Waals surface area contributed by atoms with Crippen LogP contribution < -0.4 is 0 Å². The number of nitrogens with zero attached hydrogens (tertiary/aromatic N) is 3. The van der Waals surface area contributed by atoms with Crippen LogP contribution in [-0.4, -0.2) is 15.1 Å². The molecule has 108 valence electrons. The third kappa shape index (κ3) is 3.28. The quantitative estimate of drug-likeness (QED) is 0.668. The number of thioether (sulfide) groups is 1. The van der Waals surface area contributed by atoms with Crippen LogP contribution >= 0.6 is 23.4 Å². The lowest BCUT2D eigenvalue weighted by molar-refractivity contribution is 0.390. The minimum atomic E-state index is 0.507. The molecule has 0 N–H and O–H groups in total. The maximum absolute atomic E-state index is 5.95. The Morgan fingerprint density at radius 2 is 2.10 bits per heavy atom. The van der Waals surface area contributed by atoms with Crippen LogP contribution in [0, 0.1) is 13.8 Å². The third-order valence-corrected chi connectivity index (χ3v) is 3.93. The van der Waals surface area contributed by atoms with Crippen LogP contribution in [0.1, 0.15) is 17.3 Å². The van der Waals surface area contributed by atoms with Crippen LogP contribution in [0.15, 0.2) is 38.4 Å². The molecule has 0 unspecified atom stereocenters. The number of rotatable bonds is 4. The van der Waals surface area contributed by atoms with Gasteiger partial charge in [-0.1, -0.05) is 40.7 Å². The van der Waals surface area contributed by atoms with Crippen molar-refractivity contribution in [3.8, 4) is 11.4 Å². The summed E-state index contributed by atoms with van der Waals surface area (Å²) in [6.07, 6.45) is 0. The fraction of sp³-hybridized carbons (Fsp3) is 0.214. The van der Waals surface area contributed by atoms with E-state index in [0.717, 1.165) is 17.0 Å². The Hall–Kier alpha value is -1.79. The fourth-order valence-electron chi connectivity index (χ4n) is 1.69. The minimum Gasteiger partial charge on any atom is -0.437 e. The molecule has 0 saturated heterocycles. The summed E-state index contributed by atoms with van der Waals surface area (Å²) in [6.45, 7) is 3.79. The van der Waals surface area contributed by atoms with Gasteiger partial charge in [-0.3, -0.25) is 0 Å². The van der Waals surface area contributed by atoms with Crippen molar-refractivity contribution in [2.24, 2.45) is 0 Å². The lowest BCUT2D eigenvalue weighted by Gasteiger charge is -1.93. The molecule has 0 spiro atoms. The second kappa shape index (κ2) is 5.91. The lowest BCUT2D eigenvalue weighted by atomic mass is 10.2. The molecule has 1 aromatic carbocycles. The predicted molar refractivity (Wildman–Crippen MR) is 80.3 cm³/mol. The van der Waals surface area contributed by atoms with Crippen LogP contribution in [0.4, 0.5) is 0 Å². The predicted octanol–water partition coefficient (Wildman–Crippen LogP) is 4.29. The number of aromatic nitrogens is 3. The molecule has 2 aromatic heterocycles. The lowest BCUT2D eigenvalue weighted by Crippen LogP contribution is -1.83. The number of benzene rings is 1. The van der Waals surface area contributed by atoms with Gasteiger partial charge in [0.2, 0.25) is 11.7 Å². The molecule has 0 bridgehead atoms. The largest absolute Gasteiger partial charge is 0.437 e. The summed E-state index contributed by atoms with van der Waals surface area (Å²) in [5.74, 6) is 2.37. The molecule has 0 aliphatic carbocycles. The summed E-state index contributed by atoms with van der Waals surface area (Å²) in [5, 5.41) is 5.20. The number of hydrogen-bond donors (Lipinski definition) is 0. The first-order valence-electron chi connectivity index (χ1n) is 6.27. The van der Waals surface area contributed by atoms with Crippen molar-refractivity contribution in [2.75, 3.05) is 0 Å². The van der Waals surface area contributed by atoms with Crippen LogP contribution in [0.2, 0.25) is 5.02 Å². The number of oxazole rings is 1. The van der Waals surface area contributed by atoms with Crippen molar-refractivity contribution in [1.82, 2.24) is 15.1 Å². The molecule has 0 atom stereocenters. The van der Waals surface area contributed by atoms with Crippen LogP contribution in [0.25, 0.3) is 11.4 Å². The zero-order valence-electron chi connectivity index (χ0n) is 11.5. The van der Waals surface area contributed by atoms with Crippen molar-refractivity contribution in [3.05, 3.63) is 46.6 Å². The molecular weight excluding hydrogens is 310 g/mol. The first kappa shape index (κ1) is 14.2. The molecule has 3 aromatic rings. The second-order valence-electron chi connectivity index (χ2n) is 4.43. The maximum Gasteiger partial charge on any atom is 0.256 e. The van der Waals surface area contributed by atoms with Crippen molar-refractivity contribution < 1.29 is 8.94 Å². The highest BCUT2D eigenvalue weighted by molar-refractivity contribution is 7.98. The minimum absolute atomic E-state index is 0.507. The van der Waals surface area contributed by atoms with E-state index in [1.54, 1.807) is 12.1 Å². The van der Waals surface area contributed by atoms with Gasteiger partial charge in [0.25, 0.3) is 5.22 Å². The van der Waals surface area contributed by atoms with E-state index in [1.807, 2.05) is 26.0 Å². The standard InChI is InChI=1S/C14H12ClN3O2S/c1-8-9(2)19-14(16-8)21-7-12-17-13(18-20-12)10-4-3-5-11(15)6-10/h3-6H,7H2,1-2H3. The van der Waals surface area contributed by atoms with Crippen molar-refractivity contribution in [3.63, 3.8) is 0 Å². The molecule has 2 heterocycles. The summed E-state index contributed by atoms with van der Waals surface area (Å²) in [7, 11) is 0. The second-order valence-corrected chi connectivity index (χ2v) is 5.80. The van der Waals surface area contributed by atoms with E-state index >= 15 is 0 Å². The van der Waals surface area contributed by atoms with E-state index < -0.39 is 0 Å². The summed E-state index contributed by atoms with van der Waals surface area (Å²) in [5.41, 5.74) is 1.72. The Labute approximate surface area is 130 Å². The van der Waals surface area contributed by atoms with Crippen LogP contribution in [0.5, 0.6) is 0 Å². The molecular formula is C14H12ClN3O2S. The normalized spacial score (nSPS) is 11.0. The van der Waals surface area contributed by atoms with Gasteiger partial charge in [0, 0.05) is 10.6 Å². The van der Waals surface area contributed by atoms with Gasteiger partial charge < -0.3 is 8.94 Å². The Bertz CT molecular complexity index is 750.